The highest BCUT2D eigenvalue weighted by atomic mass is 32.1. The van der Waals surface area contributed by atoms with Gasteiger partial charge in [-0.2, -0.15) is 0 Å². The van der Waals surface area contributed by atoms with Gasteiger partial charge in [-0.15, -0.1) is 11.3 Å². The molecule has 144 valence electrons. The van der Waals surface area contributed by atoms with Gasteiger partial charge in [-0.1, -0.05) is 54.6 Å². The number of esters is 1. The van der Waals surface area contributed by atoms with Gasteiger partial charge in [0.05, 0.1) is 28.8 Å². The minimum atomic E-state index is -0.897. The molecular weight excluding hydrogens is 384 g/mol. The van der Waals surface area contributed by atoms with E-state index in [1.807, 2.05) is 60.0 Å². The number of carbonyl (C=O) groups excluding carboxylic acids is 2. The summed E-state index contributed by atoms with van der Waals surface area (Å²) >= 11 is 1.56. The minimum Gasteiger partial charge on any atom is -0.467 e. The van der Waals surface area contributed by atoms with Gasteiger partial charge in [0.25, 0.3) is 5.91 Å². The molecule has 0 aliphatic heterocycles. The van der Waals surface area contributed by atoms with Crippen molar-refractivity contribution in [3.05, 3.63) is 89.3 Å². The van der Waals surface area contributed by atoms with Crippen molar-refractivity contribution >= 4 is 34.1 Å². The van der Waals surface area contributed by atoms with E-state index in [1.54, 1.807) is 29.5 Å². The number of fused-ring (bicyclic) bond motifs is 1. The van der Waals surface area contributed by atoms with Crippen LogP contribution in [-0.2, 0) is 9.53 Å². The Morgan fingerprint density at radius 3 is 2.48 bits per heavy atom. The van der Waals surface area contributed by atoms with Crippen LogP contribution in [0.5, 0.6) is 0 Å². The Labute approximate surface area is 172 Å². The Morgan fingerprint density at radius 2 is 1.76 bits per heavy atom. The van der Waals surface area contributed by atoms with E-state index in [1.165, 1.54) is 7.11 Å². The van der Waals surface area contributed by atoms with E-state index in [0.29, 0.717) is 11.1 Å². The molecule has 2 aromatic heterocycles. The average molecular weight is 402 g/mol. The molecule has 0 saturated carbocycles. The smallest absolute Gasteiger partial charge is 0.333 e. The first-order valence-corrected chi connectivity index (χ1v) is 9.92. The molecule has 1 atom stereocenters. The highest BCUT2D eigenvalue weighted by Crippen LogP contribution is 2.28. The maximum Gasteiger partial charge on any atom is 0.333 e. The maximum atomic E-state index is 13.2. The highest BCUT2D eigenvalue weighted by Gasteiger charge is 2.25. The fraction of sp³-hybridized carbons (Fsp3) is 0.0870. The first-order chi connectivity index (χ1) is 14.2. The summed E-state index contributed by atoms with van der Waals surface area (Å²) in [5.74, 6) is -0.887. The number of ether oxygens (including phenoxy) is 1. The van der Waals surface area contributed by atoms with Crippen LogP contribution in [0.4, 0.5) is 0 Å². The van der Waals surface area contributed by atoms with Crippen LogP contribution in [0.15, 0.2) is 78.2 Å². The summed E-state index contributed by atoms with van der Waals surface area (Å²) in [5.41, 5.74) is 2.56. The van der Waals surface area contributed by atoms with Gasteiger partial charge in [-0.3, -0.25) is 4.79 Å². The van der Waals surface area contributed by atoms with E-state index >= 15 is 0 Å². The quantitative estimate of drug-likeness (QED) is 0.495. The molecule has 0 saturated heterocycles. The van der Waals surface area contributed by atoms with Crippen LogP contribution in [-0.4, -0.2) is 24.0 Å². The second-order valence-corrected chi connectivity index (χ2v) is 7.34. The van der Waals surface area contributed by atoms with Crippen molar-refractivity contribution in [2.45, 2.75) is 6.04 Å². The van der Waals surface area contributed by atoms with Gasteiger partial charge >= 0.3 is 5.97 Å². The number of thiophene rings is 1. The Morgan fingerprint density at radius 1 is 1.00 bits per heavy atom. The number of para-hydroxylation sites is 1. The third kappa shape index (κ3) is 3.88. The topological polar surface area (TPSA) is 68.3 Å². The molecule has 0 fully saturated rings. The lowest BCUT2D eigenvalue weighted by Gasteiger charge is -2.18. The van der Waals surface area contributed by atoms with E-state index in [0.717, 1.165) is 21.5 Å². The number of nitrogens with one attached hydrogen (secondary N) is 1. The van der Waals surface area contributed by atoms with Gasteiger partial charge in [-0.25, -0.2) is 9.78 Å². The molecule has 0 spiro atoms. The number of aromatic nitrogens is 1. The van der Waals surface area contributed by atoms with E-state index in [9.17, 15) is 9.59 Å². The van der Waals surface area contributed by atoms with E-state index in [4.69, 9.17) is 4.74 Å². The molecule has 4 rings (SSSR count). The first kappa shape index (κ1) is 18.8. The number of hydrogen-bond acceptors (Lipinski definition) is 5. The highest BCUT2D eigenvalue weighted by molar-refractivity contribution is 7.13. The lowest BCUT2D eigenvalue weighted by Crippen LogP contribution is -2.34. The number of carbonyl (C=O) groups is 2. The number of pyridine rings is 1. The predicted molar refractivity (Wildman–Crippen MR) is 114 cm³/mol. The number of nitrogens with zero attached hydrogens (tertiary/aromatic N) is 1. The zero-order valence-electron chi connectivity index (χ0n) is 15.7. The van der Waals surface area contributed by atoms with Crippen molar-refractivity contribution in [3.8, 4) is 10.6 Å². The van der Waals surface area contributed by atoms with Crippen LogP contribution in [0.25, 0.3) is 21.5 Å². The van der Waals surface area contributed by atoms with Crippen molar-refractivity contribution in [2.75, 3.05) is 7.11 Å². The third-order valence-corrected chi connectivity index (χ3v) is 5.47. The maximum absolute atomic E-state index is 13.2. The molecule has 0 unspecified atom stereocenters. The molecule has 5 nitrogen and oxygen atoms in total. The first-order valence-electron chi connectivity index (χ1n) is 9.04. The second-order valence-electron chi connectivity index (χ2n) is 6.39. The molecule has 0 aliphatic carbocycles. The number of benzene rings is 2. The Balaban J connectivity index is 1.77. The van der Waals surface area contributed by atoms with Crippen LogP contribution in [0.2, 0.25) is 0 Å². The predicted octanol–water partition coefficient (Wildman–Crippen LogP) is 4.61. The zero-order chi connectivity index (χ0) is 20.2. The Hall–Kier alpha value is -3.51. The molecule has 0 bridgehead atoms. The largest absolute Gasteiger partial charge is 0.467 e. The molecule has 0 aliphatic rings. The number of methoxy groups -OCH3 is 1. The number of hydrogen-bond donors (Lipinski definition) is 1. The van der Waals surface area contributed by atoms with Gasteiger partial charge in [0.1, 0.15) is 0 Å². The van der Waals surface area contributed by atoms with Crippen LogP contribution >= 0.6 is 11.3 Å². The molecule has 1 N–H and O–H groups in total. The van der Waals surface area contributed by atoms with E-state index in [-0.39, 0.29) is 5.91 Å². The molecule has 1 amide bonds. The third-order valence-electron chi connectivity index (χ3n) is 4.58. The number of amides is 1. The lowest BCUT2D eigenvalue weighted by molar-refractivity contribution is -0.143. The molecule has 29 heavy (non-hydrogen) atoms. The van der Waals surface area contributed by atoms with Gasteiger partial charge in [-0.05, 0) is 29.1 Å². The van der Waals surface area contributed by atoms with Gasteiger partial charge in [0.15, 0.2) is 6.04 Å². The van der Waals surface area contributed by atoms with Gasteiger partial charge in [0, 0.05) is 5.39 Å². The molecule has 2 heterocycles. The molecule has 2 aromatic carbocycles. The number of rotatable bonds is 5. The molecule has 0 radical (unpaired) electrons. The van der Waals surface area contributed by atoms with Crippen LogP contribution in [0.3, 0.4) is 0 Å². The van der Waals surface area contributed by atoms with Gasteiger partial charge in [0.2, 0.25) is 0 Å². The summed E-state index contributed by atoms with van der Waals surface area (Å²) in [4.78, 5) is 31.2. The van der Waals surface area contributed by atoms with Crippen LogP contribution in [0, 0.1) is 0 Å². The summed E-state index contributed by atoms with van der Waals surface area (Å²) in [7, 11) is 1.31. The zero-order valence-corrected chi connectivity index (χ0v) is 16.5. The summed E-state index contributed by atoms with van der Waals surface area (Å²) in [6, 6.07) is 21.3. The Kier molecular flexibility index (Phi) is 5.35. The van der Waals surface area contributed by atoms with Crippen molar-refractivity contribution in [2.24, 2.45) is 0 Å². The summed E-state index contributed by atoms with van der Waals surface area (Å²) < 4.78 is 4.91. The summed E-state index contributed by atoms with van der Waals surface area (Å²) in [6.45, 7) is 0. The average Bonchev–Trinajstić information content (AvgIpc) is 3.31. The minimum absolute atomic E-state index is 0.361. The monoisotopic (exact) mass is 402 g/mol. The lowest BCUT2D eigenvalue weighted by atomic mass is 10.0. The molecule has 4 aromatic rings. The molecule has 6 heteroatoms. The Bertz CT molecular complexity index is 1160. The SMILES string of the molecule is COC(=O)[C@H](NC(=O)c1cc(-c2cccs2)nc2ccccc12)c1ccccc1. The normalized spacial score (nSPS) is 11.8. The van der Waals surface area contributed by atoms with Gasteiger partial charge < -0.3 is 10.1 Å². The summed E-state index contributed by atoms with van der Waals surface area (Å²) in [5, 5.41) is 5.52. The molecular formula is C23H18N2O3S. The van der Waals surface area contributed by atoms with Crippen molar-refractivity contribution in [3.63, 3.8) is 0 Å². The van der Waals surface area contributed by atoms with Crippen molar-refractivity contribution in [1.29, 1.82) is 0 Å². The van der Waals surface area contributed by atoms with E-state index < -0.39 is 12.0 Å². The van der Waals surface area contributed by atoms with E-state index in [2.05, 4.69) is 10.3 Å². The summed E-state index contributed by atoms with van der Waals surface area (Å²) in [6.07, 6.45) is 0. The van der Waals surface area contributed by atoms with Crippen LogP contribution < -0.4 is 5.32 Å². The van der Waals surface area contributed by atoms with Crippen molar-refractivity contribution < 1.29 is 14.3 Å². The fourth-order valence-corrected chi connectivity index (χ4v) is 3.85. The standard InChI is InChI=1S/C23H18N2O3S/c1-28-23(27)21(15-8-3-2-4-9-15)25-22(26)17-14-19(20-12-7-13-29-20)24-18-11-6-5-10-16(17)18/h2-14,21H,1H3,(H,25,26)/t21-/m1/s1. The fourth-order valence-electron chi connectivity index (χ4n) is 3.16. The second kappa shape index (κ2) is 8.24. The van der Waals surface area contributed by atoms with Crippen molar-refractivity contribution in [1.82, 2.24) is 10.3 Å². The van der Waals surface area contributed by atoms with Crippen LogP contribution in [0.1, 0.15) is 22.0 Å².